The maximum Gasteiger partial charge on any atom is 0.266 e. The van der Waals surface area contributed by atoms with Crippen LogP contribution in [0.3, 0.4) is 0 Å². The van der Waals surface area contributed by atoms with Crippen LogP contribution in [0.1, 0.15) is 63.4 Å². The van der Waals surface area contributed by atoms with Crippen molar-refractivity contribution >= 4 is 0 Å². The van der Waals surface area contributed by atoms with E-state index >= 15 is 0 Å². The number of ether oxygens (including phenoxy) is 1. The van der Waals surface area contributed by atoms with Gasteiger partial charge >= 0.3 is 0 Å². The molecule has 1 aliphatic rings. The summed E-state index contributed by atoms with van der Waals surface area (Å²) in [4.78, 5) is 0. The maximum atomic E-state index is 14.3. The fourth-order valence-electron chi connectivity index (χ4n) is 3.28. The zero-order chi connectivity index (χ0) is 17.5. The first-order chi connectivity index (χ1) is 11.5. The summed E-state index contributed by atoms with van der Waals surface area (Å²) in [6.45, 7) is 2.43. The van der Waals surface area contributed by atoms with Crippen molar-refractivity contribution in [2.75, 3.05) is 6.61 Å². The van der Waals surface area contributed by atoms with Gasteiger partial charge in [-0.25, -0.2) is 4.39 Å². The molecule has 134 valence electrons. The number of benzene rings is 1. The highest BCUT2D eigenvalue weighted by molar-refractivity contribution is 5.33. The van der Waals surface area contributed by atoms with E-state index in [1.165, 1.54) is 6.07 Å². The van der Waals surface area contributed by atoms with E-state index in [0.717, 1.165) is 25.3 Å². The van der Waals surface area contributed by atoms with Crippen LogP contribution in [-0.2, 0) is 0 Å². The van der Waals surface area contributed by atoms with Crippen LogP contribution in [0.2, 0.25) is 0 Å². The molecule has 1 fully saturated rings. The van der Waals surface area contributed by atoms with Gasteiger partial charge < -0.3 is 4.74 Å². The molecule has 1 aromatic carbocycles. The molecule has 1 aliphatic carbocycles. The van der Waals surface area contributed by atoms with E-state index < -0.39 is 17.7 Å². The molecule has 0 aromatic heterocycles. The zero-order valence-corrected chi connectivity index (χ0v) is 14.0. The first-order valence-electron chi connectivity index (χ1n) is 8.66. The quantitative estimate of drug-likeness (QED) is 0.400. The van der Waals surface area contributed by atoms with Crippen molar-refractivity contribution in [3.05, 3.63) is 41.5 Å². The Morgan fingerprint density at radius 2 is 1.79 bits per heavy atom. The Morgan fingerprint density at radius 3 is 2.42 bits per heavy atom. The van der Waals surface area contributed by atoms with Crippen molar-refractivity contribution in [1.82, 2.24) is 0 Å². The molecule has 0 radical (unpaired) electrons. The van der Waals surface area contributed by atoms with Gasteiger partial charge in [0.1, 0.15) is 0 Å². The van der Waals surface area contributed by atoms with E-state index in [0.29, 0.717) is 37.9 Å². The van der Waals surface area contributed by atoms with Gasteiger partial charge in [0, 0.05) is 0 Å². The third kappa shape index (κ3) is 4.99. The van der Waals surface area contributed by atoms with E-state index in [1.54, 1.807) is 6.07 Å². The minimum Gasteiger partial charge on any atom is -0.490 e. The highest BCUT2D eigenvalue weighted by atomic mass is 19.3. The lowest BCUT2D eigenvalue weighted by Crippen LogP contribution is -2.14. The highest BCUT2D eigenvalue weighted by Gasteiger charge is 2.26. The number of hydrogen-bond donors (Lipinski definition) is 0. The van der Waals surface area contributed by atoms with Crippen LogP contribution in [0.15, 0.2) is 24.3 Å². The van der Waals surface area contributed by atoms with Crippen LogP contribution in [-0.4, -0.2) is 6.61 Å². The average molecular weight is 344 g/mol. The largest absolute Gasteiger partial charge is 0.490 e. The van der Waals surface area contributed by atoms with E-state index in [9.17, 15) is 17.6 Å². The minimum absolute atomic E-state index is 0.0523. The van der Waals surface area contributed by atoms with Gasteiger partial charge in [0.05, 0.1) is 6.61 Å². The van der Waals surface area contributed by atoms with E-state index in [4.69, 9.17) is 4.74 Å². The molecular formula is C19H24F4O. The predicted molar refractivity (Wildman–Crippen MR) is 86.4 cm³/mol. The Labute approximate surface area is 140 Å². The number of hydrogen-bond acceptors (Lipinski definition) is 1. The third-order valence-electron chi connectivity index (χ3n) is 4.66. The highest BCUT2D eigenvalue weighted by Crippen LogP contribution is 2.39. The van der Waals surface area contributed by atoms with Gasteiger partial charge in [-0.15, -0.1) is 0 Å². The molecule has 0 atom stereocenters. The fourth-order valence-corrected chi connectivity index (χ4v) is 3.28. The first kappa shape index (κ1) is 18.8. The standard InChI is InChI=1S/C19H24F4O/c1-2-3-4-11-24-16-10-9-15(18(22)19(16)23)14-7-5-13(6-8-14)12-17(20)21/h9-10,12-14H,2-8,11H2,1H3. The van der Waals surface area contributed by atoms with Crippen LogP contribution < -0.4 is 4.74 Å². The van der Waals surface area contributed by atoms with Crippen molar-refractivity contribution in [2.24, 2.45) is 5.92 Å². The number of halogens is 4. The van der Waals surface area contributed by atoms with Crippen molar-refractivity contribution in [2.45, 2.75) is 57.8 Å². The Kier molecular flexibility index (Phi) is 7.13. The van der Waals surface area contributed by atoms with Crippen molar-refractivity contribution in [3.63, 3.8) is 0 Å². The van der Waals surface area contributed by atoms with Crippen LogP contribution in [0, 0.1) is 17.6 Å². The lowest BCUT2D eigenvalue weighted by molar-refractivity contribution is 0.284. The summed E-state index contributed by atoms with van der Waals surface area (Å²) < 4.78 is 58.4. The summed E-state index contributed by atoms with van der Waals surface area (Å²) in [7, 11) is 0. The molecule has 0 amide bonds. The Bertz CT molecular complexity index is 559. The van der Waals surface area contributed by atoms with Crippen molar-refractivity contribution in [1.29, 1.82) is 0 Å². The van der Waals surface area contributed by atoms with Crippen LogP contribution >= 0.6 is 0 Å². The van der Waals surface area contributed by atoms with Gasteiger partial charge in [0.15, 0.2) is 11.6 Å². The second-order valence-electron chi connectivity index (χ2n) is 6.40. The van der Waals surface area contributed by atoms with E-state index in [1.807, 2.05) is 0 Å². The van der Waals surface area contributed by atoms with Gasteiger partial charge in [-0.1, -0.05) is 25.8 Å². The monoisotopic (exact) mass is 344 g/mol. The predicted octanol–water partition coefficient (Wildman–Crippen LogP) is 6.59. The molecule has 0 saturated heterocycles. The molecule has 0 bridgehead atoms. The number of unbranched alkanes of at least 4 members (excludes halogenated alkanes) is 2. The summed E-state index contributed by atoms with van der Waals surface area (Å²) >= 11 is 0. The Hall–Kier alpha value is -1.52. The summed E-state index contributed by atoms with van der Waals surface area (Å²) in [5.74, 6) is -2.15. The zero-order valence-electron chi connectivity index (χ0n) is 14.0. The molecule has 0 N–H and O–H groups in total. The second kappa shape index (κ2) is 9.09. The smallest absolute Gasteiger partial charge is 0.266 e. The lowest BCUT2D eigenvalue weighted by atomic mass is 9.78. The van der Waals surface area contributed by atoms with Crippen LogP contribution in [0.4, 0.5) is 17.6 Å². The number of allylic oxidation sites excluding steroid dienone is 1. The normalized spacial score (nSPS) is 20.7. The first-order valence-corrected chi connectivity index (χ1v) is 8.66. The third-order valence-corrected chi connectivity index (χ3v) is 4.66. The molecule has 24 heavy (non-hydrogen) atoms. The molecule has 2 rings (SSSR count). The number of rotatable bonds is 7. The van der Waals surface area contributed by atoms with Gasteiger partial charge in [-0.2, -0.15) is 13.2 Å². The second-order valence-corrected chi connectivity index (χ2v) is 6.40. The topological polar surface area (TPSA) is 9.23 Å². The van der Waals surface area contributed by atoms with Crippen molar-refractivity contribution < 1.29 is 22.3 Å². The fraction of sp³-hybridized carbons (Fsp3) is 0.579. The lowest BCUT2D eigenvalue weighted by Gasteiger charge is -2.27. The molecule has 0 spiro atoms. The molecule has 1 saturated carbocycles. The Morgan fingerprint density at radius 1 is 1.08 bits per heavy atom. The average Bonchev–Trinajstić information content (AvgIpc) is 2.56. The van der Waals surface area contributed by atoms with Gasteiger partial charge in [0.2, 0.25) is 5.82 Å². The molecule has 1 nitrogen and oxygen atoms in total. The van der Waals surface area contributed by atoms with E-state index in [2.05, 4.69) is 6.92 Å². The molecule has 5 heteroatoms. The van der Waals surface area contributed by atoms with Gasteiger partial charge in [-0.3, -0.25) is 0 Å². The maximum absolute atomic E-state index is 14.3. The molecular weight excluding hydrogens is 320 g/mol. The van der Waals surface area contributed by atoms with E-state index in [-0.39, 0.29) is 17.6 Å². The minimum atomic E-state index is -1.67. The molecule has 1 aromatic rings. The van der Waals surface area contributed by atoms with Gasteiger partial charge in [-0.05, 0) is 61.6 Å². The van der Waals surface area contributed by atoms with Gasteiger partial charge in [0.25, 0.3) is 6.08 Å². The summed E-state index contributed by atoms with van der Waals surface area (Å²) in [5, 5.41) is 0. The van der Waals surface area contributed by atoms with Crippen LogP contribution in [0.5, 0.6) is 5.75 Å². The Balaban J connectivity index is 1.99. The molecule has 0 aliphatic heterocycles. The summed E-state index contributed by atoms with van der Waals surface area (Å²) in [5.41, 5.74) is 0.330. The summed E-state index contributed by atoms with van der Waals surface area (Å²) in [6, 6.07) is 3.05. The van der Waals surface area contributed by atoms with Crippen molar-refractivity contribution in [3.8, 4) is 5.75 Å². The summed E-state index contributed by atoms with van der Waals surface area (Å²) in [6.07, 6.45) is 4.44. The van der Waals surface area contributed by atoms with Crippen LogP contribution in [0.25, 0.3) is 0 Å². The molecule has 0 heterocycles. The SMILES string of the molecule is CCCCCOc1ccc(C2CCC(C=C(F)F)CC2)c(F)c1F. The molecule has 0 unspecified atom stereocenters.